The molecule has 2 N–H and O–H groups in total. The Hall–Kier alpha value is -1.02. The van der Waals surface area contributed by atoms with Crippen molar-refractivity contribution in [2.75, 3.05) is 7.11 Å². The van der Waals surface area contributed by atoms with Gasteiger partial charge in [-0.2, -0.15) is 0 Å². The van der Waals surface area contributed by atoms with Crippen LogP contribution >= 0.6 is 11.6 Å². The van der Waals surface area contributed by atoms with Crippen LogP contribution in [0.3, 0.4) is 0 Å². The van der Waals surface area contributed by atoms with Crippen molar-refractivity contribution < 1.29 is 19.7 Å². The number of esters is 1. The molecule has 4 atom stereocenters. The summed E-state index contributed by atoms with van der Waals surface area (Å²) in [4.78, 5) is 11.0. The summed E-state index contributed by atoms with van der Waals surface area (Å²) in [5, 5.41) is 21.1. The van der Waals surface area contributed by atoms with Crippen molar-refractivity contribution in [3.63, 3.8) is 0 Å². The van der Waals surface area contributed by atoms with Gasteiger partial charge in [0.1, 0.15) is 5.60 Å². The van der Waals surface area contributed by atoms with E-state index in [9.17, 15) is 15.0 Å². The Labute approximate surface area is 168 Å². The molecule has 2 fully saturated rings. The second-order valence-electron chi connectivity index (χ2n) is 7.93. The van der Waals surface area contributed by atoms with Crippen molar-refractivity contribution in [3.8, 4) is 11.8 Å². The van der Waals surface area contributed by atoms with Gasteiger partial charge in [0.15, 0.2) is 0 Å². The summed E-state index contributed by atoms with van der Waals surface area (Å²) in [5.41, 5.74) is -0.899. The van der Waals surface area contributed by atoms with Crippen molar-refractivity contribution in [2.24, 2.45) is 11.8 Å². The number of hydrogen-bond acceptors (Lipinski definition) is 4. The molecule has 2 rings (SSSR count). The van der Waals surface area contributed by atoms with Crippen LogP contribution in [-0.2, 0) is 9.53 Å². The molecule has 152 valence electrons. The first kappa shape index (κ1) is 22.3. The molecular weight excluding hydrogens is 364 g/mol. The van der Waals surface area contributed by atoms with Crippen LogP contribution in [-0.4, -0.2) is 40.4 Å². The van der Waals surface area contributed by atoms with Gasteiger partial charge in [0.25, 0.3) is 0 Å². The number of methoxy groups -OCH3 is 1. The highest BCUT2D eigenvalue weighted by molar-refractivity contribution is 6.21. The summed E-state index contributed by atoms with van der Waals surface area (Å²) in [5.74, 6) is 5.98. The van der Waals surface area contributed by atoms with Gasteiger partial charge in [-0.3, -0.25) is 0 Å². The van der Waals surface area contributed by atoms with E-state index in [1.807, 2.05) is 6.08 Å². The zero-order chi connectivity index (χ0) is 19.7. The van der Waals surface area contributed by atoms with Crippen molar-refractivity contribution >= 4 is 17.6 Å². The van der Waals surface area contributed by atoms with Gasteiger partial charge >= 0.3 is 5.97 Å². The molecule has 0 saturated heterocycles. The van der Waals surface area contributed by atoms with Crippen molar-refractivity contribution in [1.29, 1.82) is 0 Å². The topological polar surface area (TPSA) is 66.8 Å². The third kappa shape index (κ3) is 7.14. The predicted molar refractivity (Wildman–Crippen MR) is 107 cm³/mol. The third-order valence-electron chi connectivity index (χ3n) is 5.82. The summed E-state index contributed by atoms with van der Waals surface area (Å²) >= 11 is 6.49. The number of hydrogen-bond donors (Lipinski definition) is 2. The number of aliphatic hydroxyl groups excluding tert-OH is 1. The molecule has 0 aromatic carbocycles. The lowest BCUT2D eigenvalue weighted by molar-refractivity contribution is -0.134. The van der Waals surface area contributed by atoms with Gasteiger partial charge < -0.3 is 14.9 Å². The molecule has 0 bridgehead atoms. The lowest BCUT2D eigenvalue weighted by atomic mass is 9.88. The van der Waals surface area contributed by atoms with Crippen LogP contribution in [0.1, 0.15) is 70.6 Å². The Morgan fingerprint density at radius 2 is 1.96 bits per heavy atom. The molecule has 0 heterocycles. The quantitative estimate of drug-likeness (QED) is 0.178. The van der Waals surface area contributed by atoms with Gasteiger partial charge in [-0.25, -0.2) is 4.79 Å². The highest BCUT2D eigenvalue weighted by atomic mass is 35.5. The van der Waals surface area contributed by atoms with Crippen molar-refractivity contribution in [2.45, 2.75) is 87.7 Å². The maximum Gasteiger partial charge on any atom is 0.330 e. The van der Waals surface area contributed by atoms with Crippen molar-refractivity contribution in [3.05, 3.63) is 12.2 Å². The van der Waals surface area contributed by atoms with Gasteiger partial charge in [-0.15, -0.1) is 11.6 Å². The maximum absolute atomic E-state index is 11.0. The Bertz CT molecular complexity index is 554. The fraction of sp³-hybridized carbons (Fsp3) is 0.773. The zero-order valence-electron chi connectivity index (χ0n) is 16.3. The van der Waals surface area contributed by atoms with Crippen LogP contribution in [0, 0.1) is 23.7 Å². The molecule has 0 aromatic heterocycles. The molecule has 0 radical (unpaired) electrons. The first-order valence-electron chi connectivity index (χ1n) is 10.3. The van der Waals surface area contributed by atoms with E-state index in [4.69, 9.17) is 11.6 Å². The van der Waals surface area contributed by atoms with Crippen LogP contribution < -0.4 is 0 Å². The molecular formula is C22H33ClO4. The zero-order valence-corrected chi connectivity index (χ0v) is 17.1. The molecule has 5 heteroatoms. The number of carbonyl (C=O) groups is 1. The van der Waals surface area contributed by atoms with E-state index < -0.39 is 11.7 Å². The number of rotatable bonds is 6. The highest BCUT2D eigenvalue weighted by Crippen LogP contribution is 2.39. The number of allylic oxidation sites excluding steroid dienone is 1. The normalized spacial score (nSPS) is 30.5. The number of carbonyl (C=O) groups excluding carboxylic acids is 1. The van der Waals surface area contributed by atoms with E-state index in [1.165, 1.54) is 13.2 Å². The molecule has 2 saturated carbocycles. The van der Waals surface area contributed by atoms with Crippen LogP contribution in [0.15, 0.2) is 12.2 Å². The average molecular weight is 397 g/mol. The lowest BCUT2D eigenvalue weighted by Gasteiger charge is -2.22. The van der Waals surface area contributed by atoms with Gasteiger partial charge in [0.2, 0.25) is 0 Å². The molecule has 0 aromatic rings. The van der Waals surface area contributed by atoms with E-state index in [0.717, 1.165) is 64.2 Å². The van der Waals surface area contributed by atoms with E-state index in [0.29, 0.717) is 6.42 Å². The van der Waals surface area contributed by atoms with Crippen LogP contribution in [0.4, 0.5) is 0 Å². The Morgan fingerprint density at radius 3 is 2.63 bits per heavy atom. The molecule has 2 aliphatic carbocycles. The van der Waals surface area contributed by atoms with Gasteiger partial charge in [-0.05, 0) is 57.3 Å². The minimum absolute atomic E-state index is 0.0753. The smallest absolute Gasteiger partial charge is 0.330 e. The summed E-state index contributed by atoms with van der Waals surface area (Å²) in [6.45, 7) is 0. The first-order valence-corrected chi connectivity index (χ1v) is 10.7. The monoisotopic (exact) mass is 396 g/mol. The minimum atomic E-state index is -0.899. The predicted octanol–water partition coefficient (Wildman–Crippen LogP) is 3.97. The molecule has 0 unspecified atom stereocenters. The second kappa shape index (κ2) is 11.1. The summed E-state index contributed by atoms with van der Waals surface area (Å²) in [6.07, 6.45) is 12.7. The Kier molecular flexibility index (Phi) is 9.15. The van der Waals surface area contributed by atoms with E-state index in [2.05, 4.69) is 16.6 Å². The molecule has 0 aliphatic heterocycles. The molecule has 0 spiro atoms. The minimum Gasteiger partial charge on any atom is -0.466 e. The summed E-state index contributed by atoms with van der Waals surface area (Å²) in [6, 6.07) is 0. The number of alkyl halides is 1. The highest BCUT2D eigenvalue weighted by Gasteiger charge is 2.40. The number of ether oxygens (including phenoxy) is 1. The number of unbranched alkanes of at least 4 members (excludes halogenated alkanes) is 2. The van der Waals surface area contributed by atoms with Gasteiger partial charge in [0.05, 0.1) is 19.1 Å². The SMILES string of the molecule is COC(=O)/C=C/CCCC[C@@H]1[C@@H](C#CC2(O)CCCCCC2)[C@H](O)C[C@H]1Cl. The first-order chi connectivity index (χ1) is 12.9. The van der Waals surface area contributed by atoms with E-state index >= 15 is 0 Å². The molecule has 4 nitrogen and oxygen atoms in total. The van der Waals surface area contributed by atoms with E-state index in [1.54, 1.807) is 0 Å². The summed E-state index contributed by atoms with van der Waals surface area (Å²) in [7, 11) is 1.37. The largest absolute Gasteiger partial charge is 0.466 e. The van der Waals surface area contributed by atoms with E-state index in [-0.39, 0.29) is 23.2 Å². The van der Waals surface area contributed by atoms with Crippen LogP contribution in [0.2, 0.25) is 0 Å². The van der Waals surface area contributed by atoms with Gasteiger partial charge in [0, 0.05) is 11.5 Å². The second-order valence-corrected chi connectivity index (χ2v) is 8.49. The maximum atomic E-state index is 11.0. The van der Waals surface area contributed by atoms with Crippen LogP contribution in [0.5, 0.6) is 0 Å². The fourth-order valence-electron chi connectivity index (χ4n) is 4.17. The fourth-order valence-corrected chi connectivity index (χ4v) is 4.64. The Morgan fingerprint density at radius 1 is 1.26 bits per heavy atom. The molecule has 2 aliphatic rings. The standard InChI is InChI=1S/C22H33ClO4/c1-27-21(25)11-7-3-2-6-10-17-18(20(24)16-19(17)23)12-15-22(26)13-8-4-5-9-14-22/h7,11,17-20,24,26H,2-6,8-10,13-14,16H2,1H3/b11-7+/t17-,18-,19-,20-/m1/s1. The van der Waals surface area contributed by atoms with Gasteiger partial charge in [-0.1, -0.05) is 37.2 Å². The average Bonchev–Trinajstić information content (AvgIpc) is 2.79. The molecule has 0 amide bonds. The summed E-state index contributed by atoms with van der Waals surface area (Å²) < 4.78 is 4.56. The third-order valence-corrected chi connectivity index (χ3v) is 6.32. The van der Waals surface area contributed by atoms with Crippen LogP contribution in [0.25, 0.3) is 0 Å². The molecule has 27 heavy (non-hydrogen) atoms. The lowest BCUT2D eigenvalue weighted by Crippen LogP contribution is -2.27. The van der Waals surface area contributed by atoms with Crippen molar-refractivity contribution in [1.82, 2.24) is 0 Å². The number of aliphatic hydroxyl groups is 2. The number of halogens is 1. The Balaban J connectivity index is 1.88.